The van der Waals surface area contributed by atoms with Crippen LogP contribution in [0.3, 0.4) is 0 Å². The summed E-state index contributed by atoms with van der Waals surface area (Å²) in [5.74, 6) is -0.572. The Bertz CT molecular complexity index is 711. The van der Waals surface area contributed by atoms with E-state index in [1.165, 1.54) is 37.1 Å². The molecule has 1 atom stereocenters. The zero-order chi connectivity index (χ0) is 17.6. The summed E-state index contributed by atoms with van der Waals surface area (Å²) < 4.78 is 13.2. The molecule has 1 aliphatic rings. The molecular formula is C20H24FN3O. The average molecular weight is 341 g/mol. The van der Waals surface area contributed by atoms with Crippen LogP contribution in [0.1, 0.15) is 26.2 Å². The SMILES string of the molecule is C[C@H](Nc1ccc(N2CCCCC2)cc1)C(=O)Nc1cccc(F)c1. The molecule has 1 heterocycles. The van der Waals surface area contributed by atoms with Gasteiger partial charge in [0.25, 0.3) is 0 Å². The van der Waals surface area contributed by atoms with Crippen molar-refractivity contribution in [2.24, 2.45) is 0 Å². The van der Waals surface area contributed by atoms with Crippen molar-refractivity contribution in [1.29, 1.82) is 0 Å². The van der Waals surface area contributed by atoms with Crippen molar-refractivity contribution >= 4 is 23.0 Å². The second-order valence-corrected chi connectivity index (χ2v) is 6.46. The van der Waals surface area contributed by atoms with Crippen molar-refractivity contribution < 1.29 is 9.18 Å². The fourth-order valence-corrected chi connectivity index (χ4v) is 3.05. The molecule has 1 amide bonds. The van der Waals surface area contributed by atoms with E-state index in [2.05, 4.69) is 27.7 Å². The maximum atomic E-state index is 13.2. The number of carbonyl (C=O) groups is 1. The number of amides is 1. The molecule has 0 unspecified atom stereocenters. The van der Waals surface area contributed by atoms with Gasteiger partial charge in [-0.25, -0.2) is 4.39 Å². The predicted molar refractivity (Wildman–Crippen MR) is 101 cm³/mol. The van der Waals surface area contributed by atoms with Crippen LogP contribution in [0.15, 0.2) is 48.5 Å². The number of rotatable bonds is 5. The van der Waals surface area contributed by atoms with E-state index in [9.17, 15) is 9.18 Å². The lowest BCUT2D eigenvalue weighted by Crippen LogP contribution is -2.32. The van der Waals surface area contributed by atoms with Crippen LogP contribution in [0.5, 0.6) is 0 Å². The molecule has 1 saturated heterocycles. The van der Waals surface area contributed by atoms with Gasteiger partial charge >= 0.3 is 0 Å². The van der Waals surface area contributed by atoms with Crippen LogP contribution in [0.2, 0.25) is 0 Å². The van der Waals surface area contributed by atoms with Crippen molar-refractivity contribution in [3.8, 4) is 0 Å². The van der Waals surface area contributed by atoms with Gasteiger partial charge in [0.05, 0.1) is 0 Å². The van der Waals surface area contributed by atoms with Crippen molar-refractivity contribution in [3.05, 3.63) is 54.3 Å². The Kier molecular flexibility index (Phi) is 5.53. The number of nitrogens with one attached hydrogen (secondary N) is 2. The smallest absolute Gasteiger partial charge is 0.246 e. The van der Waals surface area contributed by atoms with Gasteiger partial charge in [-0.3, -0.25) is 4.79 Å². The molecule has 0 aliphatic carbocycles. The third-order valence-electron chi connectivity index (χ3n) is 4.46. The van der Waals surface area contributed by atoms with Gasteiger partial charge < -0.3 is 15.5 Å². The summed E-state index contributed by atoms with van der Waals surface area (Å²) >= 11 is 0. The highest BCUT2D eigenvalue weighted by molar-refractivity contribution is 5.96. The summed E-state index contributed by atoms with van der Waals surface area (Å²) in [5.41, 5.74) is 2.57. The first kappa shape index (κ1) is 17.3. The number of halogens is 1. The monoisotopic (exact) mass is 341 g/mol. The lowest BCUT2D eigenvalue weighted by molar-refractivity contribution is -0.116. The molecule has 2 N–H and O–H groups in total. The van der Waals surface area contributed by atoms with E-state index in [1.54, 1.807) is 19.1 Å². The first-order chi connectivity index (χ1) is 12.1. The second-order valence-electron chi connectivity index (χ2n) is 6.46. The molecule has 4 nitrogen and oxygen atoms in total. The number of hydrogen-bond acceptors (Lipinski definition) is 3. The van der Waals surface area contributed by atoms with Gasteiger partial charge in [0, 0.05) is 30.2 Å². The number of benzene rings is 2. The Morgan fingerprint density at radius 2 is 1.76 bits per heavy atom. The molecule has 2 aromatic rings. The summed E-state index contributed by atoms with van der Waals surface area (Å²) in [6, 6.07) is 13.6. The number of anilines is 3. The third kappa shape index (κ3) is 4.72. The zero-order valence-electron chi connectivity index (χ0n) is 14.5. The van der Waals surface area contributed by atoms with Gasteiger partial charge in [-0.1, -0.05) is 6.07 Å². The highest BCUT2D eigenvalue weighted by Crippen LogP contribution is 2.22. The Hall–Kier alpha value is -2.56. The molecule has 3 rings (SSSR count). The first-order valence-electron chi connectivity index (χ1n) is 8.80. The standard InChI is InChI=1S/C20H24FN3O/c1-15(20(25)23-18-7-5-6-16(21)14-18)22-17-8-10-19(11-9-17)24-12-3-2-4-13-24/h5-11,14-15,22H,2-4,12-13H2,1H3,(H,23,25)/t15-/m0/s1. The lowest BCUT2D eigenvalue weighted by atomic mass is 10.1. The Morgan fingerprint density at radius 3 is 2.44 bits per heavy atom. The van der Waals surface area contributed by atoms with E-state index in [1.807, 2.05) is 12.1 Å². The fourth-order valence-electron chi connectivity index (χ4n) is 3.05. The molecule has 132 valence electrons. The molecule has 1 aliphatic heterocycles. The summed E-state index contributed by atoms with van der Waals surface area (Å²) in [5, 5.41) is 5.90. The van der Waals surface area contributed by atoms with Crippen LogP contribution in [-0.4, -0.2) is 25.0 Å². The molecule has 0 spiro atoms. The topological polar surface area (TPSA) is 44.4 Å². The first-order valence-corrected chi connectivity index (χ1v) is 8.80. The van der Waals surface area contributed by atoms with Crippen molar-refractivity contribution in [2.75, 3.05) is 28.6 Å². The number of carbonyl (C=O) groups excluding carboxylic acids is 1. The van der Waals surface area contributed by atoms with E-state index >= 15 is 0 Å². The van der Waals surface area contributed by atoms with E-state index in [4.69, 9.17) is 0 Å². The largest absolute Gasteiger partial charge is 0.374 e. The number of hydrogen-bond donors (Lipinski definition) is 2. The van der Waals surface area contributed by atoms with Gasteiger partial charge in [-0.05, 0) is 68.7 Å². The molecule has 0 saturated carbocycles. The molecule has 25 heavy (non-hydrogen) atoms. The fraction of sp³-hybridized carbons (Fsp3) is 0.350. The summed E-state index contributed by atoms with van der Waals surface area (Å²) in [6.07, 6.45) is 3.81. The van der Waals surface area contributed by atoms with Gasteiger partial charge in [-0.15, -0.1) is 0 Å². The van der Waals surface area contributed by atoms with Crippen LogP contribution in [0.4, 0.5) is 21.5 Å². The molecular weight excluding hydrogens is 317 g/mol. The van der Waals surface area contributed by atoms with Crippen LogP contribution in [-0.2, 0) is 4.79 Å². The van der Waals surface area contributed by atoms with Crippen molar-refractivity contribution in [2.45, 2.75) is 32.2 Å². The summed E-state index contributed by atoms with van der Waals surface area (Å²) in [7, 11) is 0. The van der Waals surface area contributed by atoms with Crippen molar-refractivity contribution in [1.82, 2.24) is 0 Å². The van der Waals surface area contributed by atoms with Gasteiger partial charge in [0.1, 0.15) is 11.9 Å². The Labute approximate surface area is 148 Å². The zero-order valence-corrected chi connectivity index (χ0v) is 14.5. The normalized spacial score (nSPS) is 15.5. The maximum absolute atomic E-state index is 13.2. The van der Waals surface area contributed by atoms with E-state index in [0.717, 1.165) is 18.8 Å². The molecule has 0 aromatic heterocycles. The minimum Gasteiger partial charge on any atom is -0.374 e. The summed E-state index contributed by atoms with van der Waals surface area (Å²) in [4.78, 5) is 14.6. The average Bonchev–Trinajstić information content (AvgIpc) is 2.63. The molecule has 0 bridgehead atoms. The van der Waals surface area contributed by atoms with Crippen LogP contribution in [0.25, 0.3) is 0 Å². The predicted octanol–water partition coefficient (Wildman–Crippen LogP) is 4.26. The molecule has 5 heteroatoms. The molecule has 0 radical (unpaired) electrons. The number of nitrogens with zero attached hydrogens (tertiary/aromatic N) is 1. The van der Waals surface area contributed by atoms with E-state index in [0.29, 0.717) is 5.69 Å². The lowest BCUT2D eigenvalue weighted by Gasteiger charge is -2.29. The van der Waals surface area contributed by atoms with Crippen LogP contribution >= 0.6 is 0 Å². The highest BCUT2D eigenvalue weighted by Gasteiger charge is 2.14. The van der Waals surface area contributed by atoms with E-state index in [-0.39, 0.29) is 11.7 Å². The van der Waals surface area contributed by atoms with Crippen molar-refractivity contribution in [3.63, 3.8) is 0 Å². The summed E-state index contributed by atoms with van der Waals surface area (Å²) in [6.45, 7) is 4.01. The minimum atomic E-state index is -0.427. The van der Waals surface area contributed by atoms with Crippen LogP contribution < -0.4 is 15.5 Å². The third-order valence-corrected chi connectivity index (χ3v) is 4.46. The second kappa shape index (κ2) is 8.01. The van der Waals surface area contributed by atoms with E-state index < -0.39 is 6.04 Å². The highest BCUT2D eigenvalue weighted by atomic mass is 19.1. The molecule has 1 fully saturated rings. The quantitative estimate of drug-likeness (QED) is 0.854. The van der Waals surface area contributed by atoms with Gasteiger partial charge in [-0.2, -0.15) is 0 Å². The molecule has 2 aromatic carbocycles. The Morgan fingerprint density at radius 1 is 1.04 bits per heavy atom. The van der Waals surface area contributed by atoms with Gasteiger partial charge in [0.15, 0.2) is 0 Å². The minimum absolute atomic E-state index is 0.203. The van der Waals surface area contributed by atoms with Gasteiger partial charge in [0.2, 0.25) is 5.91 Å². The number of piperidine rings is 1. The van der Waals surface area contributed by atoms with Crippen LogP contribution in [0, 0.1) is 5.82 Å². The Balaban J connectivity index is 1.56. The maximum Gasteiger partial charge on any atom is 0.246 e.